The highest BCUT2D eigenvalue weighted by molar-refractivity contribution is 5.36. The second kappa shape index (κ2) is 4.39. The van der Waals surface area contributed by atoms with Crippen molar-refractivity contribution in [3.05, 3.63) is 29.6 Å². The number of aliphatic hydroxyl groups is 1. The smallest absolute Gasteiger partial charge is 0.124 e. The van der Waals surface area contributed by atoms with Crippen LogP contribution in [0, 0.1) is 5.82 Å². The molecule has 0 heterocycles. The zero-order chi connectivity index (χ0) is 10.7. The van der Waals surface area contributed by atoms with Crippen molar-refractivity contribution in [2.75, 3.05) is 7.11 Å². The van der Waals surface area contributed by atoms with Crippen LogP contribution in [0.5, 0.6) is 5.75 Å². The Morgan fingerprint density at radius 2 is 2.14 bits per heavy atom. The summed E-state index contributed by atoms with van der Waals surface area (Å²) in [5.41, 5.74) is 5.89. The second-order valence-corrected chi connectivity index (χ2v) is 3.19. The average Bonchev–Trinajstić information content (AvgIpc) is 2.16. The maximum atomic E-state index is 12.9. The van der Waals surface area contributed by atoms with Gasteiger partial charge in [-0.1, -0.05) is 0 Å². The minimum absolute atomic E-state index is 0.377. The number of aliphatic hydroxyl groups excluding tert-OH is 1. The van der Waals surface area contributed by atoms with Gasteiger partial charge in [-0.25, -0.2) is 4.39 Å². The van der Waals surface area contributed by atoms with Crippen LogP contribution in [0.15, 0.2) is 18.2 Å². The van der Waals surface area contributed by atoms with E-state index in [0.29, 0.717) is 11.3 Å². The quantitative estimate of drug-likeness (QED) is 0.769. The summed E-state index contributed by atoms with van der Waals surface area (Å²) in [6, 6.07) is 3.50. The molecule has 0 radical (unpaired) electrons. The van der Waals surface area contributed by atoms with Gasteiger partial charge < -0.3 is 15.6 Å². The Balaban J connectivity index is 3.10. The molecular formula is C10H14FNO2. The van der Waals surface area contributed by atoms with E-state index < -0.39 is 18.0 Å². The van der Waals surface area contributed by atoms with Crippen LogP contribution in [0.2, 0.25) is 0 Å². The van der Waals surface area contributed by atoms with Crippen molar-refractivity contribution in [2.45, 2.75) is 19.1 Å². The van der Waals surface area contributed by atoms with Gasteiger partial charge in [0.15, 0.2) is 0 Å². The van der Waals surface area contributed by atoms with Crippen LogP contribution in [-0.2, 0) is 0 Å². The summed E-state index contributed by atoms with van der Waals surface area (Å²) in [5.74, 6) is 0.0247. The first-order valence-electron chi connectivity index (χ1n) is 4.33. The van der Waals surface area contributed by atoms with Crippen molar-refractivity contribution in [3.63, 3.8) is 0 Å². The van der Waals surface area contributed by atoms with E-state index in [-0.39, 0.29) is 0 Å². The third-order valence-corrected chi connectivity index (χ3v) is 2.01. The first-order chi connectivity index (χ1) is 6.56. The maximum absolute atomic E-state index is 12.9. The number of hydrogen-bond donors (Lipinski definition) is 2. The molecule has 0 amide bonds. The van der Waals surface area contributed by atoms with Crippen LogP contribution in [0.3, 0.4) is 0 Å². The van der Waals surface area contributed by atoms with Crippen molar-refractivity contribution >= 4 is 0 Å². The van der Waals surface area contributed by atoms with E-state index in [1.807, 2.05) is 0 Å². The molecule has 0 aliphatic heterocycles. The van der Waals surface area contributed by atoms with E-state index in [1.165, 1.54) is 25.3 Å². The number of nitrogens with two attached hydrogens (primary N) is 1. The molecule has 3 N–H and O–H groups in total. The molecule has 0 unspecified atom stereocenters. The second-order valence-electron chi connectivity index (χ2n) is 3.19. The predicted molar refractivity (Wildman–Crippen MR) is 51.6 cm³/mol. The maximum Gasteiger partial charge on any atom is 0.124 e. The fraction of sp³-hybridized carbons (Fsp3) is 0.400. The Morgan fingerprint density at radius 3 is 2.64 bits per heavy atom. The Hall–Kier alpha value is -1.13. The van der Waals surface area contributed by atoms with Gasteiger partial charge in [0.25, 0.3) is 0 Å². The summed E-state index contributed by atoms with van der Waals surface area (Å²) in [7, 11) is 1.46. The van der Waals surface area contributed by atoms with E-state index in [1.54, 1.807) is 6.92 Å². The van der Waals surface area contributed by atoms with Gasteiger partial charge in [0.2, 0.25) is 0 Å². The van der Waals surface area contributed by atoms with Crippen LogP contribution in [0.25, 0.3) is 0 Å². The lowest BCUT2D eigenvalue weighted by Crippen LogP contribution is -2.24. The van der Waals surface area contributed by atoms with Gasteiger partial charge in [-0.05, 0) is 25.1 Å². The SMILES string of the molecule is COc1ccc(F)cc1[C@H](O)[C@@H](C)N. The molecule has 0 aliphatic carbocycles. The molecule has 1 rings (SSSR count). The van der Waals surface area contributed by atoms with Crippen LogP contribution >= 0.6 is 0 Å². The molecule has 0 aromatic heterocycles. The van der Waals surface area contributed by atoms with Gasteiger partial charge in [-0.3, -0.25) is 0 Å². The number of hydrogen-bond acceptors (Lipinski definition) is 3. The number of benzene rings is 1. The molecule has 0 fully saturated rings. The normalized spacial score (nSPS) is 14.9. The van der Waals surface area contributed by atoms with E-state index in [9.17, 15) is 9.50 Å². The van der Waals surface area contributed by atoms with Crippen LogP contribution in [0.1, 0.15) is 18.6 Å². The highest BCUT2D eigenvalue weighted by Crippen LogP contribution is 2.27. The topological polar surface area (TPSA) is 55.5 Å². The highest BCUT2D eigenvalue weighted by atomic mass is 19.1. The van der Waals surface area contributed by atoms with Gasteiger partial charge in [0, 0.05) is 11.6 Å². The summed E-state index contributed by atoms with van der Waals surface area (Å²) in [6.45, 7) is 1.65. The monoisotopic (exact) mass is 199 g/mol. The van der Waals surface area contributed by atoms with E-state index in [0.717, 1.165) is 0 Å². The zero-order valence-electron chi connectivity index (χ0n) is 8.20. The van der Waals surface area contributed by atoms with E-state index in [2.05, 4.69) is 0 Å². The lowest BCUT2D eigenvalue weighted by atomic mass is 10.0. The molecule has 3 nitrogen and oxygen atoms in total. The zero-order valence-corrected chi connectivity index (χ0v) is 8.20. The van der Waals surface area contributed by atoms with Crippen molar-refractivity contribution in [1.82, 2.24) is 0 Å². The van der Waals surface area contributed by atoms with Gasteiger partial charge >= 0.3 is 0 Å². The minimum atomic E-state index is -0.916. The minimum Gasteiger partial charge on any atom is -0.496 e. The molecule has 78 valence electrons. The third-order valence-electron chi connectivity index (χ3n) is 2.01. The first kappa shape index (κ1) is 10.9. The molecule has 1 aromatic carbocycles. The largest absolute Gasteiger partial charge is 0.496 e. The van der Waals surface area contributed by atoms with Gasteiger partial charge in [-0.15, -0.1) is 0 Å². The van der Waals surface area contributed by atoms with Crippen molar-refractivity contribution in [3.8, 4) is 5.75 Å². The first-order valence-corrected chi connectivity index (χ1v) is 4.33. The Morgan fingerprint density at radius 1 is 1.50 bits per heavy atom. The third kappa shape index (κ3) is 2.21. The highest BCUT2D eigenvalue weighted by Gasteiger charge is 2.17. The number of rotatable bonds is 3. The average molecular weight is 199 g/mol. The van der Waals surface area contributed by atoms with E-state index in [4.69, 9.17) is 10.5 Å². The number of ether oxygens (including phenoxy) is 1. The summed E-state index contributed by atoms with van der Waals surface area (Å²) < 4.78 is 17.9. The fourth-order valence-corrected chi connectivity index (χ4v) is 1.22. The van der Waals surface area contributed by atoms with E-state index >= 15 is 0 Å². The molecule has 0 spiro atoms. The molecule has 0 bridgehead atoms. The predicted octanol–water partition coefficient (Wildman–Crippen LogP) is 1.21. The molecule has 14 heavy (non-hydrogen) atoms. The molecule has 0 aliphatic rings. The molecule has 4 heteroatoms. The van der Waals surface area contributed by atoms with Crippen LogP contribution in [-0.4, -0.2) is 18.3 Å². The van der Waals surface area contributed by atoms with Gasteiger partial charge in [-0.2, -0.15) is 0 Å². The fourth-order valence-electron chi connectivity index (χ4n) is 1.22. The lowest BCUT2D eigenvalue weighted by Gasteiger charge is -2.17. The van der Waals surface area contributed by atoms with Crippen molar-refractivity contribution in [1.29, 1.82) is 0 Å². The molecule has 1 aromatic rings. The van der Waals surface area contributed by atoms with Crippen LogP contribution < -0.4 is 10.5 Å². The number of halogens is 1. The molecule has 2 atom stereocenters. The lowest BCUT2D eigenvalue weighted by molar-refractivity contribution is 0.149. The molecule has 0 saturated heterocycles. The standard InChI is InChI=1S/C10H14FNO2/c1-6(12)10(13)8-5-7(11)3-4-9(8)14-2/h3-6,10,13H,12H2,1-2H3/t6-,10-/m1/s1. The Bertz CT molecular complexity index is 315. The Kier molecular flexibility index (Phi) is 3.43. The van der Waals surface area contributed by atoms with Crippen molar-refractivity contribution < 1.29 is 14.2 Å². The van der Waals surface area contributed by atoms with Gasteiger partial charge in [0.05, 0.1) is 13.2 Å². The number of methoxy groups -OCH3 is 1. The summed E-state index contributed by atoms with van der Waals surface area (Å²) in [4.78, 5) is 0. The van der Waals surface area contributed by atoms with Crippen molar-refractivity contribution in [2.24, 2.45) is 5.73 Å². The van der Waals surface area contributed by atoms with Gasteiger partial charge in [0.1, 0.15) is 11.6 Å². The molecule has 0 saturated carbocycles. The summed E-state index contributed by atoms with van der Waals surface area (Å²) >= 11 is 0. The molecular weight excluding hydrogens is 185 g/mol. The van der Waals surface area contributed by atoms with Crippen LogP contribution in [0.4, 0.5) is 4.39 Å². The summed E-state index contributed by atoms with van der Waals surface area (Å²) in [5, 5.41) is 9.66. The summed E-state index contributed by atoms with van der Waals surface area (Å²) in [6.07, 6.45) is -0.916. The Labute approximate surface area is 82.3 Å².